The van der Waals surface area contributed by atoms with E-state index < -0.39 is 0 Å². The van der Waals surface area contributed by atoms with Gasteiger partial charge in [-0.2, -0.15) is 0 Å². The maximum Gasteiger partial charge on any atom is 0.250 e. The van der Waals surface area contributed by atoms with Crippen molar-refractivity contribution in [2.24, 2.45) is 5.73 Å². The minimum atomic E-state index is 0.0260. The Balaban J connectivity index is 2.34. The molecule has 0 atom stereocenters. The minimum absolute atomic E-state index is 0.0260. The van der Waals surface area contributed by atoms with E-state index in [9.17, 15) is 4.79 Å². The van der Waals surface area contributed by atoms with E-state index in [1.807, 2.05) is 42.6 Å². The van der Waals surface area contributed by atoms with E-state index >= 15 is 0 Å². The molecule has 0 saturated heterocycles. The summed E-state index contributed by atoms with van der Waals surface area (Å²) in [5.74, 6) is 0. The number of rotatable bonds is 4. The van der Waals surface area contributed by atoms with Gasteiger partial charge in [0.15, 0.2) is 0 Å². The van der Waals surface area contributed by atoms with Crippen molar-refractivity contribution in [2.75, 3.05) is 6.54 Å². The summed E-state index contributed by atoms with van der Waals surface area (Å²) in [5.41, 5.74) is 7.66. The van der Waals surface area contributed by atoms with Gasteiger partial charge < -0.3 is 10.3 Å². The van der Waals surface area contributed by atoms with E-state index in [-0.39, 0.29) is 5.56 Å². The van der Waals surface area contributed by atoms with Gasteiger partial charge in [0, 0.05) is 18.8 Å². The summed E-state index contributed by atoms with van der Waals surface area (Å²) in [6.07, 6.45) is 2.71. The summed E-state index contributed by atoms with van der Waals surface area (Å²) in [5, 5.41) is 0. The number of nitrogens with two attached hydrogens (primary N) is 1. The van der Waals surface area contributed by atoms with Crippen molar-refractivity contribution < 1.29 is 0 Å². The molecule has 1 aromatic carbocycles. The Morgan fingerprint density at radius 1 is 1.00 bits per heavy atom. The molecule has 2 aromatic rings. The highest BCUT2D eigenvalue weighted by Crippen LogP contribution is 2.16. The predicted molar refractivity (Wildman–Crippen MR) is 69.8 cm³/mol. The topological polar surface area (TPSA) is 48.0 Å². The molecule has 0 amide bonds. The maximum atomic E-state index is 11.6. The third-order valence-corrected chi connectivity index (χ3v) is 2.69. The SMILES string of the molecule is NCCCn1cc(-c2ccccc2)ccc1=O. The molecule has 2 N–H and O–H groups in total. The van der Waals surface area contributed by atoms with Crippen LogP contribution in [-0.2, 0) is 6.54 Å². The predicted octanol–water partition coefficient (Wildman–Crippen LogP) is 1.86. The lowest BCUT2D eigenvalue weighted by Crippen LogP contribution is -2.20. The van der Waals surface area contributed by atoms with Gasteiger partial charge in [-0.25, -0.2) is 0 Å². The molecule has 0 saturated carbocycles. The van der Waals surface area contributed by atoms with Gasteiger partial charge in [0.1, 0.15) is 0 Å². The van der Waals surface area contributed by atoms with Crippen LogP contribution in [0, 0.1) is 0 Å². The molecular formula is C14H16N2O. The van der Waals surface area contributed by atoms with Crippen LogP contribution in [0.1, 0.15) is 6.42 Å². The first-order chi connectivity index (χ1) is 8.31. The lowest BCUT2D eigenvalue weighted by Gasteiger charge is -2.07. The van der Waals surface area contributed by atoms with Crippen LogP contribution in [0.2, 0.25) is 0 Å². The monoisotopic (exact) mass is 228 g/mol. The third-order valence-electron chi connectivity index (χ3n) is 2.69. The number of hydrogen-bond donors (Lipinski definition) is 1. The summed E-state index contributed by atoms with van der Waals surface area (Å²) >= 11 is 0. The number of aryl methyl sites for hydroxylation is 1. The average molecular weight is 228 g/mol. The van der Waals surface area contributed by atoms with Gasteiger partial charge in [0.2, 0.25) is 0 Å². The normalized spacial score (nSPS) is 10.4. The molecule has 1 aromatic heterocycles. The van der Waals surface area contributed by atoms with Crippen molar-refractivity contribution in [2.45, 2.75) is 13.0 Å². The molecule has 17 heavy (non-hydrogen) atoms. The van der Waals surface area contributed by atoms with Crippen molar-refractivity contribution in [1.29, 1.82) is 0 Å². The van der Waals surface area contributed by atoms with Crippen LogP contribution in [0.5, 0.6) is 0 Å². The fraction of sp³-hybridized carbons (Fsp3) is 0.214. The Morgan fingerprint density at radius 2 is 1.76 bits per heavy atom. The molecule has 1 heterocycles. The van der Waals surface area contributed by atoms with Crippen LogP contribution < -0.4 is 11.3 Å². The molecule has 3 heteroatoms. The zero-order chi connectivity index (χ0) is 12.1. The summed E-state index contributed by atoms with van der Waals surface area (Å²) in [6, 6.07) is 13.5. The summed E-state index contributed by atoms with van der Waals surface area (Å²) < 4.78 is 1.72. The fourth-order valence-electron chi connectivity index (χ4n) is 1.77. The first-order valence-corrected chi connectivity index (χ1v) is 5.77. The van der Waals surface area contributed by atoms with Crippen molar-refractivity contribution in [3.05, 3.63) is 59.0 Å². The van der Waals surface area contributed by atoms with E-state index in [4.69, 9.17) is 5.73 Å². The molecule has 0 aliphatic heterocycles. The molecule has 0 unspecified atom stereocenters. The van der Waals surface area contributed by atoms with Gasteiger partial charge in [0.25, 0.3) is 5.56 Å². The molecule has 0 fully saturated rings. The zero-order valence-corrected chi connectivity index (χ0v) is 9.67. The van der Waals surface area contributed by atoms with Crippen molar-refractivity contribution in [1.82, 2.24) is 4.57 Å². The Kier molecular flexibility index (Phi) is 3.73. The highest BCUT2D eigenvalue weighted by atomic mass is 16.1. The fourth-order valence-corrected chi connectivity index (χ4v) is 1.77. The standard InChI is InChI=1S/C14H16N2O/c15-9-4-10-16-11-13(7-8-14(16)17)12-5-2-1-3-6-12/h1-3,5-8,11H,4,9-10,15H2. The second-order valence-corrected chi connectivity index (χ2v) is 3.96. The van der Waals surface area contributed by atoms with Gasteiger partial charge in [0.05, 0.1) is 0 Å². The molecule has 0 radical (unpaired) electrons. The van der Waals surface area contributed by atoms with E-state index in [1.165, 1.54) is 0 Å². The number of pyridine rings is 1. The molecule has 0 bridgehead atoms. The van der Waals surface area contributed by atoms with Crippen LogP contribution >= 0.6 is 0 Å². The van der Waals surface area contributed by atoms with Crippen LogP contribution in [0.4, 0.5) is 0 Å². The molecular weight excluding hydrogens is 212 g/mol. The Hall–Kier alpha value is -1.87. The molecule has 0 aliphatic rings. The molecule has 3 nitrogen and oxygen atoms in total. The van der Waals surface area contributed by atoms with E-state index in [0.717, 1.165) is 17.5 Å². The highest BCUT2D eigenvalue weighted by molar-refractivity contribution is 5.61. The van der Waals surface area contributed by atoms with Gasteiger partial charge in [-0.05, 0) is 30.2 Å². The van der Waals surface area contributed by atoms with E-state index in [0.29, 0.717) is 13.1 Å². The highest BCUT2D eigenvalue weighted by Gasteiger charge is 2.00. The minimum Gasteiger partial charge on any atom is -0.330 e. The molecule has 0 aliphatic carbocycles. The van der Waals surface area contributed by atoms with Crippen LogP contribution in [-0.4, -0.2) is 11.1 Å². The molecule has 2 rings (SSSR count). The first kappa shape index (κ1) is 11.6. The second-order valence-electron chi connectivity index (χ2n) is 3.96. The number of hydrogen-bond acceptors (Lipinski definition) is 2. The van der Waals surface area contributed by atoms with Crippen molar-refractivity contribution in [3.63, 3.8) is 0 Å². The van der Waals surface area contributed by atoms with Crippen LogP contribution in [0.3, 0.4) is 0 Å². The average Bonchev–Trinajstić information content (AvgIpc) is 2.39. The van der Waals surface area contributed by atoms with E-state index in [1.54, 1.807) is 10.6 Å². The maximum absolute atomic E-state index is 11.6. The lowest BCUT2D eigenvalue weighted by atomic mass is 10.1. The summed E-state index contributed by atoms with van der Waals surface area (Å²) in [6.45, 7) is 1.28. The lowest BCUT2D eigenvalue weighted by molar-refractivity contribution is 0.630. The summed E-state index contributed by atoms with van der Waals surface area (Å²) in [7, 11) is 0. The second kappa shape index (κ2) is 5.46. The quantitative estimate of drug-likeness (QED) is 0.868. The van der Waals surface area contributed by atoms with Crippen LogP contribution in [0.25, 0.3) is 11.1 Å². The Labute approximate surface area is 101 Å². The van der Waals surface area contributed by atoms with Gasteiger partial charge in [-0.1, -0.05) is 30.3 Å². The Bertz CT molecular complexity index is 531. The molecule has 88 valence electrons. The third kappa shape index (κ3) is 2.82. The van der Waals surface area contributed by atoms with E-state index in [2.05, 4.69) is 0 Å². The van der Waals surface area contributed by atoms with Crippen LogP contribution in [0.15, 0.2) is 53.5 Å². The summed E-state index contributed by atoms with van der Waals surface area (Å²) in [4.78, 5) is 11.6. The largest absolute Gasteiger partial charge is 0.330 e. The zero-order valence-electron chi connectivity index (χ0n) is 9.67. The van der Waals surface area contributed by atoms with Gasteiger partial charge >= 0.3 is 0 Å². The van der Waals surface area contributed by atoms with Crippen molar-refractivity contribution >= 4 is 0 Å². The number of nitrogens with zero attached hydrogens (tertiary/aromatic N) is 1. The Morgan fingerprint density at radius 3 is 2.47 bits per heavy atom. The molecule has 0 spiro atoms. The smallest absolute Gasteiger partial charge is 0.250 e. The van der Waals surface area contributed by atoms with Gasteiger partial charge in [-0.15, -0.1) is 0 Å². The van der Waals surface area contributed by atoms with Crippen molar-refractivity contribution in [3.8, 4) is 11.1 Å². The first-order valence-electron chi connectivity index (χ1n) is 5.77. The number of benzene rings is 1. The van der Waals surface area contributed by atoms with Gasteiger partial charge in [-0.3, -0.25) is 4.79 Å². The number of aromatic nitrogens is 1.